The summed E-state index contributed by atoms with van der Waals surface area (Å²) in [6, 6.07) is 1.19. The summed E-state index contributed by atoms with van der Waals surface area (Å²) in [5, 5.41) is 0. The Labute approximate surface area is 59.1 Å². The van der Waals surface area contributed by atoms with Crippen molar-refractivity contribution in [3.8, 4) is 0 Å². The highest BCUT2D eigenvalue weighted by Gasteiger charge is 1.95. The zero-order valence-electron chi connectivity index (χ0n) is 5.79. The van der Waals surface area contributed by atoms with E-state index in [1.807, 2.05) is 0 Å². The van der Waals surface area contributed by atoms with Gasteiger partial charge < -0.3 is 0 Å². The van der Waals surface area contributed by atoms with Crippen LogP contribution < -0.4 is 0 Å². The largest absolute Gasteiger partial charge is 0.368 e. The molecule has 0 N–H and O–H groups in total. The molecule has 0 bridgehead atoms. The fourth-order valence-electron chi connectivity index (χ4n) is 0.336. The zero-order valence-corrected chi connectivity index (χ0v) is 8.69. The van der Waals surface area contributed by atoms with Crippen molar-refractivity contribution in [2.24, 2.45) is 0 Å². The average Bonchev–Trinajstić information content (AvgIpc) is 1.89. The van der Waals surface area contributed by atoms with Gasteiger partial charge in [0.05, 0.1) is 13.7 Å². The van der Waals surface area contributed by atoms with Gasteiger partial charge >= 0.3 is 8.25 Å². The standard InChI is InChI=1S/C4H12O3PSi/c1-6-8(5)7-3-2-4-9/h2-4H2,1,9H3. The molecule has 0 rings (SSSR count). The van der Waals surface area contributed by atoms with Crippen LogP contribution in [-0.4, -0.2) is 24.0 Å². The Morgan fingerprint density at radius 1 is 1.67 bits per heavy atom. The average molecular weight is 167 g/mol. The fourth-order valence-corrected chi connectivity index (χ4v) is 1.01. The zero-order chi connectivity index (χ0) is 7.11. The molecule has 0 heterocycles. The quantitative estimate of drug-likeness (QED) is 0.339. The van der Waals surface area contributed by atoms with Crippen molar-refractivity contribution in [1.29, 1.82) is 0 Å². The minimum atomic E-state index is -1.82. The van der Waals surface area contributed by atoms with Gasteiger partial charge in [-0.3, -0.25) is 9.05 Å². The second-order valence-electron chi connectivity index (χ2n) is 1.59. The Morgan fingerprint density at radius 2 is 2.33 bits per heavy atom. The van der Waals surface area contributed by atoms with Crippen LogP contribution >= 0.6 is 8.25 Å². The Kier molecular flexibility index (Phi) is 6.53. The van der Waals surface area contributed by atoms with E-state index in [0.717, 1.165) is 6.42 Å². The van der Waals surface area contributed by atoms with Crippen molar-refractivity contribution in [2.45, 2.75) is 12.5 Å². The van der Waals surface area contributed by atoms with Crippen LogP contribution in [0.25, 0.3) is 0 Å². The van der Waals surface area contributed by atoms with Crippen LogP contribution in [0.1, 0.15) is 6.42 Å². The normalized spacial score (nSPS) is 11.9. The van der Waals surface area contributed by atoms with Gasteiger partial charge in [-0.1, -0.05) is 6.04 Å². The molecule has 1 unspecified atom stereocenters. The van der Waals surface area contributed by atoms with Gasteiger partial charge in [0.25, 0.3) is 0 Å². The topological polar surface area (TPSA) is 35.5 Å². The summed E-state index contributed by atoms with van der Waals surface area (Å²) in [6.45, 7) is 0.562. The Hall–Kier alpha value is 0.237. The van der Waals surface area contributed by atoms with E-state index in [4.69, 9.17) is 4.52 Å². The third kappa shape index (κ3) is 6.12. The van der Waals surface area contributed by atoms with Gasteiger partial charge in [0.1, 0.15) is 0 Å². The molecule has 0 saturated carbocycles. The third-order valence-electron chi connectivity index (χ3n) is 0.844. The molecule has 0 fully saturated rings. The van der Waals surface area contributed by atoms with Crippen molar-refractivity contribution in [2.75, 3.05) is 13.7 Å². The van der Waals surface area contributed by atoms with Crippen LogP contribution in [0.4, 0.5) is 0 Å². The van der Waals surface area contributed by atoms with Crippen LogP contribution in [0.5, 0.6) is 0 Å². The maximum absolute atomic E-state index is 10.4. The molecule has 1 atom stereocenters. The van der Waals surface area contributed by atoms with E-state index < -0.39 is 8.25 Å². The minimum absolute atomic E-state index is 0.562. The van der Waals surface area contributed by atoms with E-state index in [1.54, 1.807) is 0 Å². The molecule has 0 aliphatic carbocycles. The van der Waals surface area contributed by atoms with Gasteiger partial charge in [-0.15, -0.1) is 0 Å². The smallest absolute Gasteiger partial charge is 0.286 e. The minimum Gasteiger partial charge on any atom is -0.286 e. The summed E-state index contributed by atoms with van der Waals surface area (Å²) in [6.07, 6.45) is 0.997. The molecule has 55 valence electrons. The lowest BCUT2D eigenvalue weighted by molar-refractivity contribution is 0.257. The lowest BCUT2D eigenvalue weighted by Gasteiger charge is -1.96. The molecule has 1 radical (unpaired) electrons. The molecule has 0 aromatic carbocycles. The first kappa shape index (κ1) is 9.24. The van der Waals surface area contributed by atoms with Gasteiger partial charge in [-0.05, 0) is 6.42 Å². The molecule has 9 heavy (non-hydrogen) atoms. The highest BCUT2D eigenvalue weighted by molar-refractivity contribution is 7.33. The highest BCUT2D eigenvalue weighted by Crippen LogP contribution is 2.21. The predicted octanol–water partition coefficient (Wildman–Crippen LogP) is 0.481. The molecular formula is C4H12O3PSi. The van der Waals surface area contributed by atoms with Crippen LogP contribution in [0.15, 0.2) is 0 Å². The summed E-state index contributed by atoms with van der Waals surface area (Å²) in [4.78, 5) is 0. The molecule has 0 amide bonds. The van der Waals surface area contributed by atoms with Crippen LogP contribution in [0.3, 0.4) is 0 Å². The summed E-state index contributed by atoms with van der Waals surface area (Å²) in [7, 11) is 0.735. The number of hydrogen-bond donors (Lipinski definition) is 0. The molecule has 5 heteroatoms. The first-order valence-corrected chi connectivity index (χ1v) is 5.46. The highest BCUT2D eigenvalue weighted by atomic mass is 31.1. The Morgan fingerprint density at radius 3 is 2.78 bits per heavy atom. The lowest BCUT2D eigenvalue weighted by Crippen LogP contribution is -1.85. The van der Waals surface area contributed by atoms with E-state index in [2.05, 4.69) is 4.52 Å². The van der Waals surface area contributed by atoms with Crippen molar-refractivity contribution >= 4 is 18.5 Å². The van der Waals surface area contributed by atoms with Crippen molar-refractivity contribution in [3.05, 3.63) is 0 Å². The molecule has 0 spiro atoms. The summed E-state index contributed by atoms with van der Waals surface area (Å²) in [5.74, 6) is 0. The lowest BCUT2D eigenvalue weighted by atomic mass is 10.5. The molecule has 0 aromatic heterocycles. The van der Waals surface area contributed by atoms with Crippen molar-refractivity contribution < 1.29 is 13.6 Å². The number of rotatable bonds is 5. The van der Waals surface area contributed by atoms with Crippen LogP contribution in [0.2, 0.25) is 6.04 Å². The summed E-state index contributed by atoms with van der Waals surface area (Å²) < 4.78 is 19.5. The van der Waals surface area contributed by atoms with Gasteiger partial charge in [-0.25, -0.2) is 4.57 Å². The first-order chi connectivity index (χ1) is 4.31. The SMILES string of the molecule is CO[P](=O)OCCC[SiH3]. The van der Waals surface area contributed by atoms with Crippen molar-refractivity contribution in [1.82, 2.24) is 0 Å². The van der Waals surface area contributed by atoms with Gasteiger partial charge in [0.15, 0.2) is 0 Å². The van der Waals surface area contributed by atoms with Crippen molar-refractivity contribution in [3.63, 3.8) is 0 Å². The molecule has 0 saturated heterocycles. The van der Waals surface area contributed by atoms with Crippen LogP contribution in [0, 0.1) is 0 Å². The molecule has 0 aliphatic heterocycles. The molecular weight excluding hydrogens is 155 g/mol. The van der Waals surface area contributed by atoms with Gasteiger partial charge in [0.2, 0.25) is 0 Å². The number of hydrogen-bond acceptors (Lipinski definition) is 3. The second-order valence-corrected chi connectivity index (χ2v) is 3.66. The van der Waals surface area contributed by atoms with E-state index in [-0.39, 0.29) is 0 Å². The molecule has 3 nitrogen and oxygen atoms in total. The molecule has 0 aliphatic rings. The van der Waals surface area contributed by atoms with E-state index in [9.17, 15) is 4.57 Å². The third-order valence-corrected chi connectivity index (χ3v) is 2.24. The maximum Gasteiger partial charge on any atom is 0.368 e. The monoisotopic (exact) mass is 167 g/mol. The van der Waals surface area contributed by atoms with Gasteiger partial charge in [0, 0.05) is 10.2 Å². The summed E-state index contributed by atoms with van der Waals surface area (Å²) in [5.41, 5.74) is 0. The van der Waals surface area contributed by atoms with E-state index >= 15 is 0 Å². The first-order valence-electron chi connectivity index (χ1n) is 2.95. The van der Waals surface area contributed by atoms with E-state index in [1.165, 1.54) is 23.4 Å². The second kappa shape index (κ2) is 6.36. The van der Waals surface area contributed by atoms with Crippen LogP contribution in [-0.2, 0) is 13.6 Å². The summed E-state index contributed by atoms with van der Waals surface area (Å²) >= 11 is 0. The predicted molar refractivity (Wildman–Crippen MR) is 39.9 cm³/mol. The Balaban J connectivity index is 2.97. The van der Waals surface area contributed by atoms with Gasteiger partial charge in [-0.2, -0.15) is 0 Å². The molecule has 0 aromatic rings. The van der Waals surface area contributed by atoms with E-state index in [0.29, 0.717) is 6.61 Å². The Bertz CT molecular complexity index is 87.9. The maximum atomic E-state index is 10.4. The fraction of sp³-hybridized carbons (Fsp3) is 1.00.